The van der Waals surface area contributed by atoms with Crippen LogP contribution in [0.2, 0.25) is 0 Å². The fraction of sp³-hybridized carbons (Fsp3) is 0.150. The van der Waals surface area contributed by atoms with E-state index in [0.29, 0.717) is 4.57 Å². The predicted octanol–water partition coefficient (Wildman–Crippen LogP) is 5.20. The standard InChI is InChI=1S/C20H11F7N4O/c1-30(12-6-4-11(21)5-7-12)18(32)15-3-2-8-31(15)17-13(10-28)14(19(22,23)24)9-16(29-17)20(25,26)27/h2-9H,1H3. The quantitative estimate of drug-likeness (QED) is 0.510. The second-order valence-corrected chi connectivity index (χ2v) is 6.47. The Morgan fingerprint density at radius 2 is 1.69 bits per heavy atom. The van der Waals surface area contributed by atoms with Gasteiger partial charge in [0.15, 0.2) is 5.82 Å². The van der Waals surface area contributed by atoms with Gasteiger partial charge >= 0.3 is 12.4 Å². The summed E-state index contributed by atoms with van der Waals surface area (Å²) in [6, 6.07) is 7.96. The monoisotopic (exact) mass is 456 g/mol. The van der Waals surface area contributed by atoms with Gasteiger partial charge in [-0.2, -0.15) is 31.6 Å². The van der Waals surface area contributed by atoms with Gasteiger partial charge in [-0.05, 0) is 42.5 Å². The summed E-state index contributed by atoms with van der Waals surface area (Å²) in [4.78, 5) is 17.1. The molecule has 0 aliphatic rings. The number of benzene rings is 1. The first kappa shape index (κ1) is 22.8. The van der Waals surface area contributed by atoms with Crippen LogP contribution in [-0.4, -0.2) is 22.5 Å². The third-order valence-electron chi connectivity index (χ3n) is 4.42. The highest BCUT2D eigenvalue weighted by Gasteiger charge is 2.41. The lowest BCUT2D eigenvalue weighted by molar-refractivity contribution is -0.145. The Kier molecular flexibility index (Phi) is 5.69. The minimum absolute atomic E-state index is 0.206. The van der Waals surface area contributed by atoms with Gasteiger partial charge < -0.3 is 4.90 Å². The summed E-state index contributed by atoms with van der Waals surface area (Å²) in [6.45, 7) is 0. The van der Waals surface area contributed by atoms with Crippen LogP contribution >= 0.6 is 0 Å². The Bertz CT molecular complexity index is 1200. The van der Waals surface area contributed by atoms with Crippen LogP contribution in [0.25, 0.3) is 5.82 Å². The molecule has 0 radical (unpaired) electrons. The first-order valence-corrected chi connectivity index (χ1v) is 8.65. The van der Waals surface area contributed by atoms with E-state index in [2.05, 4.69) is 4.98 Å². The molecule has 1 amide bonds. The van der Waals surface area contributed by atoms with Gasteiger partial charge in [0.2, 0.25) is 0 Å². The van der Waals surface area contributed by atoms with Gasteiger partial charge in [-0.25, -0.2) is 9.37 Å². The van der Waals surface area contributed by atoms with Crippen molar-refractivity contribution >= 4 is 11.6 Å². The molecular weight excluding hydrogens is 445 g/mol. The largest absolute Gasteiger partial charge is 0.433 e. The lowest BCUT2D eigenvalue weighted by Gasteiger charge is -2.20. The Balaban J connectivity index is 2.20. The van der Waals surface area contributed by atoms with Crippen LogP contribution in [0, 0.1) is 17.1 Å². The van der Waals surface area contributed by atoms with E-state index in [1.54, 1.807) is 0 Å². The number of halogens is 7. The van der Waals surface area contributed by atoms with Gasteiger partial charge in [0, 0.05) is 18.9 Å². The number of aromatic nitrogens is 2. The van der Waals surface area contributed by atoms with Crippen LogP contribution in [0.4, 0.5) is 36.4 Å². The lowest BCUT2D eigenvalue weighted by atomic mass is 10.1. The summed E-state index contributed by atoms with van der Waals surface area (Å²) in [6.07, 6.45) is -9.52. The number of alkyl halides is 6. The van der Waals surface area contributed by atoms with E-state index in [1.807, 2.05) is 0 Å². The first-order valence-electron chi connectivity index (χ1n) is 8.65. The maximum absolute atomic E-state index is 13.4. The molecule has 32 heavy (non-hydrogen) atoms. The molecule has 0 saturated carbocycles. The predicted molar refractivity (Wildman–Crippen MR) is 97.4 cm³/mol. The van der Waals surface area contributed by atoms with Crippen molar-refractivity contribution < 1.29 is 35.5 Å². The van der Waals surface area contributed by atoms with E-state index in [4.69, 9.17) is 0 Å². The highest BCUT2D eigenvalue weighted by molar-refractivity contribution is 6.05. The molecule has 0 aliphatic carbocycles. The number of anilines is 1. The number of amides is 1. The smallest absolute Gasteiger partial charge is 0.310 e. The molecule has 0 spiro atoms. The van der Waals surface area contributed by atoms with Crippen LogP contribution in [0.5, 0.6) is 0 Å². The highest BCUT2D eigenvalue weighted by Crippen LogP contribution is 2.38. The summed E-state index contributed by atoms with van der Waals surface area (Å²) in [7, 11) is 1.28. The Labute approximate surface area is 175 Å². The van der Waals surface area contributed by atoms with E-state index < -0.39 is 46.7 Å². The van der Waals surface area contributed by atoms with Crippen molar-refractivity contribution in [1.29, 1.82) is 5.26 Å². The molecule has 2 heterocycles. The van der Waals surface area contributed by atoms with Crippen LogP contribution in [0.1, 0.15) is 27.3 Å². The molecule has 0 unspecified atom stereocenters. The summed E-state index contributed by atoms with van der Waals surface area (Å²) < 4.78 is 93.7. The lowest BCUT2D eigenvalue weighted by Crippen LogP contribution is -2.28. The number of carbonyl (C=O) groups is 1. The molecule has 166 valence electrons. The van der Waals surface area contributed by atoms with Gasteiger partial charge in [0.05, 0.1) is 5.56 Å². The minimum Gasteiger partial charge on any atom is -0.310 e. The highest BCUT2D eigenvalue weighted by atomic mass is 19.4. The number of rotatable bonds is 3. The molecule has 0 aliphatic heterocycles. The number of carbonyl (C=O) groups excluding carboxylic acids is 1. The fourth-order valence-corrected chi connectivity index (χ4v) is 2.88. The van der Waals surface area contributed by atoms with Crippen LogP contribution in [0.15, 0.2) is 48.7 Å². The average Bonchev–Trinajstić information content (AvgIpc) is 3.20. The second kappa shape index (κ2) is 7.99. The van der Waals surface area contributed by atoms with Crippen molar-refractivity contribution in [2.24, 2.45) is 0 Å². The van der Waals surface area contributed by atoms with E-state index in [0.717, 1.165) is 29.3 Å². The van der Waals surface area contributed by atoms with Crippen molar-refractivity contribution in [2.75, 3.05) is 11.9 Å². The zero-order chi connectivity index (χ0) is 23.8. The van der Waals surface area contributed by atoms with Crippen molar-refractivity contribution in [2.45, 2.75) is 12.4 Å². The van der Waals surface area contributed by atoms with E-state index >= 15 is 0 Å². The molecule has 0 N–H and O–H groups in total. The Morgan fingerprint density at radius 1 is 1.06 bits per heavy atom. The van der Waals surface area contributed by atoms with Crippen molar-refractivity contribution in [3.63, 3.8) is 0 Å². The number of nitriles is 1. The molecule has 2 aromatic heterocycles. The van der Waals surface area contributed by atoms with Gasteiger partial charge in [0.1, 0.15) is 28.8 Å². The van der Waals surface area contributed by atoms with Crippen LogP contribution in [-0.2, 0) is 12.4 Å². The van der Waals surface area contributed by atoms with Crippen LogP contribution in [0.3, 0.4) is 0 Å². The summed E-state index contributed by atoms with van der Waals surface area (Å²) in [5, 5.41) is 9.28. The SMILES string of the molecule is CN(C(=O)c1cccn1-c1nc(C(F)(F)F)cc(C(F)(F)F)c1C#N)c1ccc(F)cc1. The summed E-state index contributed by atoms with van der Waals surface area (Å²) in [5.74, 6) is -2.43. The minimum atomic E-state index is -5.29. The fourth-order valence-electron chi connectivity index (χ4n) is 2.88. The molecule has 1 aromatic carbocycles. The molecule has 5 nitrogen and oxygen atoms in total. The maximum Gasteiger partial charge on any atom is 0.433 e. The number of hydrogen-bond acceptors (Lipinski definition) is 3. The molecule has 0 bridgehead atoms. The van der Waals surface area contributed by atoms with Gasteiger partial charge in [-0.15, -0.1) is 0 Å². The topological polar surface area (TPSA) is 61.9 Å². The molecule has 3 rings (SSSR count). The summed E-state index contributed by atoms with van der Waals surface area (Å²) >= 11 is 0. The zero-order valence-electron chi connectivity index (χ0n) is 16.0. The third-order valence-corrected chi connectivity index (χ3v) is 4.42. The van der Waals surface area contributed by atoms with Crippen molar-refractivity contribution in [3.05, 3.63) is 77.0 Å². The molecule has 12 heteroatoms. The first-order chi connectivity index (χ1) is 14.8. The number of nitrogens with zero attached hydrogens (tertiary/aromatic N) is 4. The normalized spacial score (nSPS) is 11.8. The van der Waals surface area contributed by atoms with Crippen molar-refractivity contribution in [1.82, 2.24) is 9.55 Å². The Morgan fingerprint density at radius 3 is 2.22 bits per heavy atom. The molecule has 0 fully saturated rings. The van der Waals surface area contributed by atoms with Gasteiger partial charge in [-0.3, -0.25) is 9.36 Å². The molecule has 3 aromatic rings. The second-order valence-electron chi connectivity index (χ2n) is 6.47. The summed E-state index contributed by atoms with van der Waals surface area (Å²) in [5.41, 5.74) is -5.06. The molecule has 0 saturated heterocycles. The van der Waals surface area contributed by atoms with E-state index in [1.165, 1.54) is 31.3 Å². The molecular formula is C20H11F7N4O. The molecule has 0 atom stereocenters. The number of hydrogen-bond donors (Lipinski definition) is 0. The van der Waals surface area contributed by atoms with Crippen LogP contribution < -0.4 is 4.90 Å². The Hall–Kier alpha value is -3.88. The maximum atomic E-state index is 13.4. The third kappa shape index (κ3) is 4.27. The van der Waals surface area contributed by atoms with E-state index in [-0.39, 0.29) is 17.4 Å². The van der Waals surface area contributed by atoms with Gasteiger partial charge in [-0.1, -0.05) is 0 Å². The van der Waals surface area contributed by atoms with Gasteiger partial charge in [0.25, 0.3) is 5.91 Å². The van der Waals surface area contributed by atoms with E-state index in [9.17, 15) is 40.8 Å². The van der Waals surface area contributed by atoms with Crippen molar-refractivity contribution in [3.8, 4) is 11.9 Å². The number of pyridine rings is 1. The zero-order valence-corrected chi connectivity index (χ0v) is 16.0. The average molecular weight is 456 g/mol.